The van der Waals surface area contributed by atoms with Crippen LogP contribution < -0.4 is 12.4 Å². The molecular formula is C6H3BrCl2Mg. The van der Waals surface area contributed by atoms with E-state index in [9.17, 15) is 0 Å². The van der Waals surface area contributed by atoms with Crippen LogP contribution in [0.15, 0.2) is 22.7 Å². The Bertz CT molecular complexity index is 176. The number of hydrogen-bond donors (Lipinski definition) is 0. The quantitative estimate of drug-likeness (QED) is 0.431. The van der Waals surface area contributed by atoms with Crippen molar-refractivity contribution in [2.45, 2.75) is 0 Å². The van der Waals surface area contributed by atoms with Crippen molar-refractivity contribution in [1.82, 2.24) is 0 Å². The van der Waals surface area contributed by atoms with Crippen molar-refractivity contribution in [2.24, 2.45) is 0 Å². The molecule has 0 heterocycles. The Morgan fingerprint density at radius 2 is 2.00 bits per heavy atom. The van der Waals surface area contributed by atoms with E-state index >= 15 is 0 Å². The molecule has 0 nitrogen and oxygen atoms in total. The van der Waals surface area contributed by atoms with E-state index in [0.717, 1.165) is 4.47 Å². The summed E-state index contributed by atoms with van der Waals surface area (Å²) in [5, 5.41) is 0.708. The van der Waals surface area contributed by atoms with E-state index in [4.69, 9.17) is 11.6 Å². The molecule has 4 heteroatoms. The molecule has 0 amide bonds. The maximum atomic E-state index is 5.58. The van der Waals surface area contributed by atoms with Crippen molar-refractivity contribution >= 4 is 50.6 Å². The van der Waals surface area contributed by atoms with E-state index in [-0.39, 0.29) is 35.5 Å². The molecule has 0 N–H and O–H groups in total. The third-order valence-corrected chi connectivity index (χ3v) is 1.39. The first-order chi connectivity index (χ1) is 3.79. The van der Waals surface area contributed by atoms with Crippen molar-refractivity contribution in [2.75, 3.05) is 0 Å². The standard InChI is InChI=1S/C6H3BrCl.ClH.Mg/c7-5-2-1-3-6(8)4-5;;/h2-4H;1H;/q-1;;+2/p-1. The molecule has 0 unspecified atom stereocenters. The molecule has 0 aliphatic heterocycles. The van der Waals surface area contributed by atoms with Crippen molar-refractivity contribution in [3.8, 4) is 0 Å². The molecule has 0 atom stereocenters. The predicted molar refractivity (Wildman–Crippen MR) is 43.7 cm³/mol. The van der Waals surface area contributed by atoms with Crippen LogP contribution in [-0.2, 0) is 0 Å². The van der Waals surface area contributed by atoms with Gasteiger partial charge in [0.1, 0.15) is 0 Å². The third kappa shape index (κ3) is 4.80. The number of benzene rings is 1. The molecular weight excluding hydrogens is 247 g/mol. The van der Waals surface area contributed by atoms with E-state index in [0.29, 0.717) is 5.02 Å². The normalized spacial score (nSPS) is 7.40. The molecule has 0 fully saturated rings. The minimum atomic E-state index is 0. The van der Waals surface area contributed by atoms with Crippen molar-refractivity contribution in [3.05, 3.63) is 33.8 Å². The summed E-state index contributed by atoms with van der Waals surface area (Å²) in [6.07, 6.45) is 0. The summed E-state index contributed by atoms with van der Waals surface area (Å²) in [5.74, 6) is 0. The molecule has 0 aliphatic carbocycles. The van der Waals surface area contributed by atoms with Gasteiger partial charge in [-0.05, 0) is 0 Å². The zero-order valence-corrected chi connectivity index (χ0v) is 9.59. The Balaban J connectivity index is 0. The minimum Gasteiger partial charge on any atom is -1.00 e. The number of rotatable bonds is 0. The molecule has 1 rings (SSSR count). The third-order valence-electron chi connectivity index (χ3n) is 0.718. The van der Waals surface area contributed by atoms with Gasteiger partial charge in [-0.1, -0.05) is 9.50 Å². The van der Waals surface area contributed by atoms with Crippen LogP contribution in [0.1, 0.15) is 0 Å². The van der Waals surface area contributed by atoms with Gasteiger partial charge >= 0.3 is 23.1 Å². The van der Waals surface area contributed by atoms with E-state index in [1.165, 1.54) is 0 Å². The monoisotopic (exact) mass is 248 g/mol. The zero-order valence-electron chi connectivity index (χ0n) is 5.07. The van der Waals surface area contributed by atoms with Gasteiger partial charge in [0.15, 0.2) is 0 Å². The second-order valence-electron chi connectivity index (χ2n) is 1.37. The Kier molecular flexibility index (Phi) is 9.18. The van der Waals surface area contributed by atoms with Gasteiger partial charge in [-0.3, -0.25) is 0 Å². The molecule has 0 bridgehead atoms. The van der Waals surface area contributed by atoms with Crippen LogP contribution >= 0.6 is 27.5 Å². The Hall–Kier alpha value is 1.05. The van der Waals surface area contributed by atoms with Gasteiger partial charge in [-0.15, -0.1) is 22.0 Å². The van der Waals surface area contributed by atoms with Gasteiger partial charge in [0, 0.05) is 0 Å². The summed E-state index contributed by atoms with van der Waals surface area (Å²) in [6, 6.07) is 8.19. The average molecular weight is 250 g/mol. The van der Waals surface area contributed by atoms with E-state index < -0.39 is 0 Å². The predicted octanol–water partition coefficient (Wildman–Crippen LogP) is -0.474. The van der Waals surface area contributed by atoms with Gasteiger partial charge in [0.2, 0.25) is 0 Å². The van der Waals surface area contributed by atoms with Crippen molar-refractivity contribution in [3.63, 3.8) is 0 Å². The summed E-state index contributed by atoms with van der Waals surface area (Å²) in [5.41, 5.74) is 0. The largest absolute Gasteiger partial charge is 2.00 e. The summed E-state index contributed by atoms with van der Waals surface area (Å²) < 4.78 is 0.963. The van der Waals surface area contributed by atoms with Crippen LogP contribution in [0.3, 0.4) is 0 Å². The average Bonchev–Trinajstić information content (AvgIpc) is 1.64. The Labute approximate surface area is 96.0 Å². The molecule has 0 saturated heterocycles. The van der Waals surface area contributed by atoms with E-state index in [1.807, 2.05) is 12.1 Å². The summed E-state index contributed by atoms with van der Waals surface area (Å²) in [7, 11) is 0. The fraction of sp³-hybridized carbons (Fsp3) is 0. The SMILES string of the molecule is Clc1c[c-]cc(Br)c1.[Cl-].[Mg+2]. The maximum Gasteiger partial charge on any atom is 2.00 e. The van der Waals surface area contributed by atoms with Gasteiger partial charge < -0.3 is 12.4 Å². The second kappa shape index (κ2) is 6.74. The number of halogens is 3. The van der Waals surface area contributed by atoms with E-state index in [1.54, 1.807) is 6.07 Å². The van der Waals surface area contributed by atoms with Crippen molar-refractivity contribution in [1.29, 1.82) is 0 Å². The van der Waals surface area contributed by atoms with Crippen LogP contribution in [-0.4, -0.2) is 23.1 Å². The smallest absolute Gasteiger partial charge is 1.00 e. The zero-order chi connectivity index (χ0) is 5.98. The minimum absolute atomic E-state index is 0. The van der Waals surface area contributed by atoms with Gasteiger partial charge in [0.05, 0.1) is 0 Å². The summed E-state index contributed by atoms with van der Waals surface area (Å²) in [4.78, 5) is 0. The Morgan fingerprint density at radius 3 is 2.30 bits per heavy atom. The molecule has 0 aromatic heterocycles. The fourth-order valence-electron chi connectivity index (χ4n) is 0.416. The van der Waals surface area contributed by atoms with Crippen LogP contribution in [0.25, 0.3) is 0 Å². The van der Waals surface area contributed by atoms with Crippen LogP contribution in [0.2, 0.25) is 5.02 Å². The summed E-state index contributed by atoms with van der Waals surface area (Å²) >= 11 is 8.83. The first kappa shape index (κ1) is 13.6. The molecule has 10 heavy (non-hydrogen) atoms. The Morgan fingerprint density at radius 1 is 1.40 bits per heavy atom. The maximum absolute atomic E-state index is 5.58. The van der Waals surface area contributed by atoms with Crippen LogP contribution in [0.5, 0.6) is 0 Å². The first-order valence-corrected chi connectivity index (χ1v) is 3.28. The summed E-state index contributed by atoms with van der Waals surface area (Å²) in [6.45, 7) is 0. The van der Waals surface area contributed by atoms with Crippen LogP contribution in [0.4, 0.5) is 0 Å². The topological polar surface area (TPSA) is 0 Å². The van der Waals surface area contributed by atoms with Crippen LogP contribution in [0, 0.1) is 6.07 Å². The van der Waals surface area contributed by atoms with Gasteiger partial charge in [-0.25, -0.2) is 0 Å². The molecule has 0 radical (unpaired) electrons. The van der Waals surface area contributed by atoms with Gasteiger partial charge in [-0.2, -0.15) is 29.8 Å². The van der Waals surface area contributed by atoms with Gasteiger partial charge in [0.25, 0.3) is 0 Å². The number of hydrogen-bond acceptors (Lipinski definition) is 0. The molecule has 1 aromatic rings. The molecule has 0 spiro atoms. The molecule has 50 valence electrons. The first-order valence-electron chi connectivity index (χ1n) is 2.11. The molecule has 1 aromatic carbocycles. The fourth-order valence-corrected chi connectivity index (χ4v) is 1.11. The molecule has 0 saturated carbocycles. The van der Waals surface area contributed by atoms with E-state index in [2.05, 4.69) is 22.0 Å². The van der Waals surface area contributed by atoms with Crippen molar-refractivity contribution < 1.29 is 12.4 Å². The second-order valence-corrected chi connectivity index (χ2v) is 2.72. The molecule has 0 aliphatic rings.